The molecule has 0 spiro atoms. The lowest BCUT2D eigenvalue weighted by molar-refractivity contribution is -0.140. The number of carbonyl (C=O) groups excluding carboxylic acids is 3. The number of hydrogen-bond acceptors (Lipinski definition) is 15. The number of nitrogens with two attached hydrogens (primary N) is 1. The lowest BCUT2D eigenvalue weighted by Crippen LogP contribution is -2.39. The van der Waals surface area contributed by atoms with Gasteiger partial charge in [-0.3, -0.25) is 19.2 Å². The summed E-state index contributed by atoms with van der Waals surface area (Å²) in [6.07, 6.45) is 0.626. The number of ether oxygens (including phenoxy) is 10. The molecule has 0 aliphatic heterocycles. The van der Waals surface area contributed by atoms with E-state index in [9.17, 15) is 19.2 Å². The number of carboxylic acids is 1. The topological polar surface area (TPSA) is 243 Å². The van der Waals surface area contributed by atoms with E-state index in [1.807, 2.05) is 0 Å². The molecule has 1 unspecified atom stereocenters. The molecule has 0 radical (unpaired) electrons. The smallest absolute Gasteiger partial charge is 0.312 e. The Kier molecular flexibility index (Phi) is 35.8. The standard InChI is InChI=1S/C31H60N4O15/c1-33-27(31(32)40)3-2-4-34-29(37)26-50-24-23-49-22-21-48-20-19-47-18-17-46-16-15-45-14-13-44-12-11-43-10-9-42-8-7-41-6-5-35-28(36)25-30(38)39/h27,33H,2-26H2,1H3,(H2,32,40)(H,34,37)(H,35,36)(H,38,39). The first-order valence-electron chi connectivity index (χ1n) is 16.9. The molecule has 0 fully saturated rings. The Labute approximate surface area is 294 Å². The first-order chi connectivity index (χ1) is 24.4. The predicted octanol–water partition coefficient (Wildman–Crippen LogP) is -2.29. The number of amides is 3. The maximum atomic E-state index is 11.7. The van der Waals surface area contributed by atoms with Crippen LogP contribution in [0.3, 0.4) is 0 Å². The van der Waals surface area contributed by atoms with Crippen molar-refractivity contribution in [3.05, 3.63) is 0 Å². The van der Waals surface area contributed by atoms with E-state index in [0.717, 1.165) is 0 Å². The molecule has 6 N–H and O–H groups in total. The highest BCUT2D eigenvalue weighted by molar-refractivity contribution is 5.93. The molecule has 0 aromatic rings. The van der Waals surface area contributed by atoms with Crippen LogP contribution in [0, 0.1) is 0 Å². The number of carboxylic acid groups (broad SMARTS) is 1. The Morgan fingerprint density at radius 1 is 0.520 bits per heavy atom. The Balaban J connectivity index is 3.18. The minimum absolute atomic E-state index is 0.0564. The van der Waals surface area contributed by atoms with Crippen molar-refractivity contribution >= 4 is 23.7 Å². The molecule has 0 heterocycles. The van der Waals surface area contributed by atoms with Crippen molar-refractivity contribution in [2.24, 2.45) is 5.73 Å². The average Bonchev–Trinajstić information content (AvgIpc) is 3.08. The fraction of sp³-hybridized carbons (Fsp3) is 0.871. The Morgan fingerprint density at radius 2 is 0.860 bits per heavy atom. The number of primary amides is 1. The highest BCUT2D eigenvalue weighted by Gasteiger charge is 2.12. The molecule has 0 aliphatic carbocycles. The normalized spacial score (nSPS) is 11.8. The first-order valence-corrected chi connectivity index (χ1v) is 16.9. The quantitative estimate of drug-likeness (QED) is 0.0330. The van der Waals surface area contributed by atoms with E-state index in [0.29, 0.717) is 138 Å². The first kappa shape index (κ1) is 47.4. The van der Waals surface area contributed by atoms with Crippen molar-refractivity contribution in [3.8, 4) is 0 Å². The third kappa shape index (κ3) is 36.7. The van der Waals surface area contributed by atoms with Gasteiger partial charge in [-0.2, -0.15) is 0 Å². The number of hydrogen-bond donors (Lipinski definition) is 5. The van der Waals surface area contributed by atoms with Gasteiger partial charge in [0.15, 0.2) is 0 Å². The van der Waals surface area contributed by atoms with Gasteiger partial charge in [0.05, 0.1) is 132 Å². The summed E-state index contributed by atoms with van der Waals surface area (Å²) in [5, 5.41) is 16.5. The van der Waals surface area contributed by atoms with Crippen molar-refractivity contribution < 1.29 is 71.7 Å². The maximum absolute atomic E-state index is 11.7. The molecule has 1 atom stereocenters. The van der Waals surface area contributed by atoms with E-state index in [4.69, 9.17) is 58.2 Å². The minimum atomic E-state index is -1.17. The van der Waals surface area contributed by atoms with E-state index in [1.165, 1.54) is 0 Å². The van der Waals surface area contributed by atoms with Crippen LogP contribution < -0.4 is 21.7 Å². The highest BCUT2D eigenvalue weighted by Crippen LogP contribution is 1.95. The van der Waals surface area contributed by atoms with E-state index in [1.54, 1.807) is 7.05 Å². The SMILES string of the molecule is CNC(CCCNC(=O)COCCOCCOCCOCCOCCOCCOCCOCCOCCOCCNC(=O)CC(=O)O)C(N)=O. The van der Waals surface area contributed by atoms with Crippen LogP contribution in [0.4, 0.5) is 0 Å². The molecule has 0 rings (SSSR count). The molecule has 3 amide bonds. The third-order valence-corrected chi connectivity index (χ3v) is 6.15. The van der Waals surface area contributed by atoms with Crippen molar-refractivity contribution in [1.29, 1.82) is 0 Å². The lowest BCUT2D eigenvalue weighted by atomic mass is 10.1. The molecule has 0 saturated heterocycles. The van der Waals surface area contributed by atoms with Crippen LogP contribution in [0.1, 0.15) is 19.3 Å². The molecular formula is C31H60N4O15. The summed E-state index contributed by atoms with van der Waals surface area (Å²) >= 11 is 0. The number of nitrogens with one attached hydrogen (secondary N) is 3. The van der Waals surface area contributed by atoms with Crippen molar-refractivity contribution in [2.75, 3.05) is 152 Å². The summed E-state index contributed by atoms with van der Waals surface area (Å²) in [4.78, 5) is 44.3. The largest absolute Gasteiger partial charge is 0.481 e. The minimum Gasteiger partial charge on any atom is -0.481 e. The van der Waals surface area contributed by atoms with Gasteiger partial charge < -0.3 is 74.2 Å². The molecule has 19 nitrogen and oxygen atoms in total. The van der Waals surface area contributed by atoms with Crippen LogP contribution in [0.2, 0.25) is 0 Å². The Bertz CT molecular complexity index is 829. The van der Waals surface area contributed by atoms with Crippen LogP contribution >= 0.6 is 0 Å². The molecule has 19 heteroatoms. The number of aliphatic carboxylic acids is 1. The molecule has 0 aliphatic rings. The highest BCUT2D eigenvalue weighted by atomic mass is 16.6. The molecule has 294 valence electrons. The van der Waals surface area contributed by atoms with E-state index < -0.39 is 30.2 Å². The molecule has 0 aromatic heterocycles. The second-order valence-electron chi connectivity index (χ2n) is 10.2. The van der Waals surface area contributed by atoms with Crippen LogP contribution in [0.15, 0.2) is 0 Å². The zero-order valence-electron chi connectivity index (χ0n) is 29.5. The van der Waals surface area contributed by atoms with Gasteiger partial charge in [-0.15, -0.1) is 0 Å². The van der Waals surface area contributed by atoms with Crippen LogP contribution in [0.5, 0.6) is 0 Å². The molecule has 0 saturated carbocycles. The zero-order chi connectivity index (χ0) is 36.8. The second-order valence-corrected chi connectivity index (χ2v) is 10.2. The summed E-state index contributed by atoms with van der Waals surface area (Å²) in [6, 6.07) is -0.398. The maximum Gasteiger partial charge on any atom is 0.312 e. The fourth-order valence-electron chi connectivity index (χ4n) is 3.62. The van der Waals surface area contributed by atoms with Gasteiger partial charge >= 0.3 is 5.97 Å². The van der Waals surface area contributed by atoms with Crippen molar-refractivity contribution in [2.45, 2.75) is 25.3 Å². The van der Waals surface area contributed by atoms with E-state index in [-0.39, 0.29) is 25.7 Å². The molecule has 0 bridgehead atoms. The molecule has 50 heavy (non-hydrogen) atoms. The number of likely N-dealkylation sites (N-methyl/N-ethyl adjacent to an activating group) is 1. The summed E-state index contributed by atoms with van der Waals surface area (Å²) in [5.41, 5.74) is 5.25. The van der Waals surface area contributed by atoms with Crippen molar-refractivity contribution in [3.63, 3.8) is 0 Å². The Hall–Kier alpha value is -2.56. The predicted molar refractivity (Wildman–Crippen MR) is 178 cm³/mol. The van der Waals surface area contributed by atoms with Gasteiger partial charge in [0.25, 0.3) is 0 Å². The summed E-state index contributed by atoms with van der Waals surface area (Å²) < 4.78 is 53.9. The van der Waals surface area contributed by atoms with Gasteiger partial charge in [0, 0.05) is 13.1 Å². The summed E-state index contributed by atoms with van der Waals surface area (Å²) in [5.74, 6) is -2.36. The van der Waals surface area contributed by atoms with Crippen LogP contribution in [-0.2, 0) is 66.5 Å². The summed E-state index contributed by atoms with van der Waals surface area (Å²) in [6.45, 7) is 8.49. The third-order valence-electron chi connectivity index (χ3n) is 6.15. The van der Waals surface area contributed by atoms with Gasteiger partial charge in [0.1, 0.15) is 13.0 Å². The monoisotopic (exact) mass is 728 g/mol. The van der Waals surface area contributed by atoms with E-state index in [2.05, 4.69) is 16.0 Å². The van der Waals surface area contributed by atoms with Gasteiger partial charge in [0.2, 0.25) is 17.7 Å². The van der Waals surface area contributed by atoms with Crippen LogP contribution in [0.25, 0.3) is 0 Å². The van der Waals surface area contributed by atoms with Crippen LogP contribution in [-0.4, -0.2) is 187 Å². The molecule has 0 aromatic carbocycles. The fourth-order valence-corrected chi connectivity index (χ4v) is 3.62. The number of rotatable bonds is 40. The van der Waals surface area contributed by atoms with Gasteiger partial charge in [-0.1, -0.05) is 0 Å². The zero-order valence-corrected chi connectivity index (χ0v) is 29.5. The van der Waals surface area contributed by atoms with Gasteiger partial charge in [-0.25, -0.2) is 0 Å². The number of carbonyl (C=O) groups is 4. The van der Waals surface area contributed by atoms with Gasteiger partial charge in [-0.05, 0) is 19.9 Å². The summed E-state index contributed by atoms with van der Waals surface area (Å²) in [7, 11) is 1.67. The lowest BCUT2D eigenvalue weighted by Gasteiger charge is -2.12. The van der Waals surface area contributed by atoms with E-state index >= 15 is 0 Å². The second kappa shape index (κ2) is 37.7. The Morgan fingerprint density at radius 3 is 1.20 bits per heavy atom. The molecular weight excluding hydrogens is 668 g/mol. The average molecular weight is 729 g/mol. The van der Waals surface area contributed by atoms with Crippen molar-refractivity contribution in [1.82, 2.24) is 16.0 Å².